The highest BCUT2D eigenvalue weighted by Gasteiger charge is 2.20. The number of hydrogen-bond acceptors (Lipinski definition) is 3. The molecule has 0 aromatic heterocycles. The first-order valence-electron chi connectivity index (χ1n) is 9.24. The minimum atomic E-state index is -3.84. The fraction of sp³-hybridized carbons (Fsp3) is 0.174. The summed E-state index contributed by atoms with van der Waals surface area (Å²) >= 11 is 0. The standard InChI is InChI=1S/C23H24N2O3S/c1-15-11-16(2)13-20(12-15)24-23(26)19-10-9-18(4)22(14-19)29(27,28)25-21-8-6-5-7-17(21)3/h5-14,25H,1-4H3,(H,24,26). The molecule has 0 radical (unpaired) electrons. The van der Waals surface area contributed by atoms with E-state index in [-0.39, 0.29) is 16.4 Å². The van der Waals surface area contributed by atoms with Crippen LogP contribution in [-0.2, 0) is 10.0 Å². The molecule has 0 aliphatic heterocycles. The van der Waals surface area contributed by atoms with Gasteiger partial charge in [-0.05, 0) is 80.3 Å². The van der Waals surface area contributed by atoms with Gasteiger partial charge in [0.25, 0.3) is 15.9 Å². The molecular weight excluding hydrogens is 384 g/mol. The first-order chi connectivity index (χ1) is 13.7. The van der Waals surface area contributed by atoms with Gasteiger partial charge >= 0.3 is 0 Å². The lowest BCUT2D eigenvalue weighted by Gasteiger charge is -2.14. The summed E-state index contributed by atoms with van der Waals surface area (Å²) in [7, 11) is -3.84. The van der Waals surface area contributed by atoms with Crippen molar-refractivity contribution in [3.05, 3.63) is 88.5 Å². The normalized spacial score (nSPS) is 11.2. The minimum absolute atomic E-state index is 0.0776. The number of anilines is 2. The molecule has 0 fully saturated rings. The second-order valence-corrected chi connectivity index (χ2v) is 8.88. The molecule has 6 heteroatoms. The second-order valence-electron chi connectivity index (χ2n) is 7.23. The average molecular weight is 409 g/mol. The lowest BCUT2D eigenvalue weighted by molar-refractivity contribution is 0.102. The van der Waals surface area contributed by atoms with Gasteiger partial charge in [-0.25, -0.2) is 8.42 Å². The van der Waals surface area contributed by atoms with Gasteiger partial charge in [0, 0.05) is 11.3 Å². The first kappa shape index (κ1) is 20.6. The van der Waals surface area contributed by atoms with Crippen molar-refractivity contribution in [3.8, 4) is 0 Å². The maximum atomic E-state index is 13.0. The van der Waals surface area contributed by atoms with Crippen LogP contribution in [0.25, 0.3) is 0 Å². The number of hydrogen-bond donors (Lipinski definition) is 2. The van der Waals surface area contributed by atoms with Crippen molar-refractivity contribution in [2.75, 3.05) is 10.0 Å². The molecule has 0 aliphatic rings. The number of nitrogens with one attached hydrogen (secondary N) is 2. The third-order valence-electron chi connectivity index (χ3n) is 4.61. The predicted molar refractivity (Wildman–Crippen MR) is 117 cm³/mol. The van der Waals surface area contributed by atoms with Crippen molar-refractivity contribution in [2.45, 2.75) is 32.6 Å². The molecule has 0 aliphatic carbocycles. The Labute approximate surface area is 171 Å². The SMILES string of the molecule is Cc1cc(C)cc(NC(=O)c2ccc(C)c(S(=O)(=O)Nc3ccccc3C)c2)c1. The maximum Gasteiger partial charge on any atom is 0.262 e. The van der Waals surface area contributed by atoms with E-state index in [2.05, 4.69) is 10.0 Å². The largest absolute Gasteiger partial charge is 0.322 e. The average Bonchev–Trinajstić information content (AvgIpc) is 2.62. The Morgan fingerprint density at radius 2 is 1.45 bits per heavy atom. The van der Waals surface area contributed by atoms with E-state index < -0.39 is 10.0 Å². The van der Waals surface area contributed by atoms with Crippen LogP contribution in [0.2, 0.25) is 0 Å². The molecule has 5 nitrogen and oxygen atoms in total. The van der Waals surface area contributed by atoms with Crippen LogP contribution in [0, 0.1) is 27.7 Å². The van der Waals surface area contributed by atoms with Gasteiger partial charge in [-0.1, -0.05) is 30.3 Å². The van der Waals surface area contributed by atoms with Gasteiger partial charge in [-0.15, -0.1) is 0 Å². The number of carbonyl (C=O) groups excluding carboxylic acids is 1. The van der Waals surface area contributed by atoms with Gasteiger partial charge in [-0.2, -0.15) is 0 Å². The monoisotopic (exact) mass is 408 g/mol. The second kappa shape index (κ2) is 8.09. The molecule has 0 spiro atoms. The highest BCUT2D eigenvalue weighted by molar-refractivity contribution is 7.92. The molecule has 29 heavy (non-hydrogen) atoms. The van der Waals surface area contributed by atoms with Crippen LogP contribution in [-0.4, -0.2) is 14.3 Å². The zero-order chi connectivity index (χ0) is 21.2. The van der Waals surface area contributed by atoms with Gasteiger partial charge in [0.15, 0.2) is 0 Å². The Kier molecular flexibility index (Phi) is 5.75. The summed E-state index contributed by atoms with van der Waals surface area (Å²) in [6.07, 6.45) is 0. The summed E-state index contributed by atoms with van der Waals surface area (Å²) in [5.74, 6) is -0.359. The summed E-state index contributed by atoms with van der Waals surface area (Å²) in [5, 5.41) is 2.84. The Morgan fingerprint density at radius 3 is 2.10 bits per heavy atom. The van der Waals surface area contributed by atoms with E-state index in [1.165, 1.54) is 6.07 Å². The fourth-order valence-corrected chi connectivity index (χ4v) is 4.57. The van der Waals surface area contributed by atoms with Crippen LogP contribution < -0.4 is 10.0 Å². The molecule has 2 N–H and O–H groups in total. The number of aryl methyl sites for hydroxylation is 4. The van der Waals surface area contributed by atoms with E-state index in [0.29, 0.717) is 16.9 Å². The summed E-state index contributed by atoms with van der Waals surface area (Å²) in [5.41, 5.74) is 4.92. The zero-order valence-corrected chi connectivity index (χ0v) is 17.7. The first-order valence-corrected chi connectivity index (χ1v) is 10.7. The molecule has 0 atom stereocenters. The van der Waals surface area contributed by atoms with Crippen molar-refractivity contribution in [2.24, 2.45) is 0 Å². The third-order valence-corrected chi connectivity index (χ3v) is 6.12. The van der Waals surface area contributed by atoms with Gasteiger partial charge in [0.2, 0.25) is 0 Å². The van der Waals surface area contributed by atoms with E-state index in [4.69, 9.17) is 0 Å². The van der Waals surface area contributed by atoms with Crippen molar-refractivity contribution in [3.63, 3.8) is 0 Å². The maximum absolute atomic E-state index is 13.0. The number of rotatable bonds is 5. The van der Waals surface area contributed by atoms with Gasteiger partial charge in [0.1, 0.15) is 0 Å². The summed E-state index contributed by atoms with van der Waals surface area (Å²) in [6, 6.07) is 17.6. The smallest absolute Gasteiger partial charge is 0.262 e. The third kappa shape index (κ3) is 4.84. The number of para-hydroxylation sites is 1. The molecule has 3 rings (SSSR count). The number of carbonyl (C=O) groups is 1. The fourth-order valence-electron chi connectivity index (χ4n) is 3.17. The summed E-state index contributed by atoms with van der Waals surface area (Å²) < 4.78 is 28.5. The molecule has 3 aromatic rings. The van der Waals surface area contributed by atoms with Crippen LogP contribution in [0.1, 0.15) is 32.6 Å². The predicted octanol–water partition coefficient (Wildman–Crippen LogP) is 4.97. The molecule has 0 saturated carbocycles. The lowest BCUT2D eigenvalue weighted by Crippen LogP contribution is -2.17. The molecule has 150 valence electrons. The molecular formula is C23H24N2O3S. The molecule has 0 unspecified atom stereocenters. The Balaban J connectivity index is 1.91. The molecule has 0 saturated heterocycles. The lowest BCUT2D eigenvalue weighted by atomic mass is 10.1. The molecule has 3 aromatic carbocycles. The van der Waals surface area contributed by atoms with Crippen LogP contribution in [0.3, 0.4) is 0 Å². The van der Waals surface area contributed by atoms with Crippen molar-refractivity contribution in [1.82, 2.24) is 0 Å². The van der Waals surface area contributed by atoms with Gasteiger partial charge in [0.05, 0.1) is 10.6 Å². The quantitative estimate of drug-likeness (QED) is 0.626. The van der Waals surface area contributed by atoms with Crippen molar-refractivity contribution < 1.29 is 13.2 Å². The topological polar surface area (TPSA) is 75.3 Å². The highest BCUT2D eigenvalue weighted by atomic mass is 32.2. The van der Waals surface area contributed by atoms with Crippen molar-refractivity contribution in [1.29, 1.82) is 0 Å². The zero-order valence-electron chi connectivity index (χ0n) is 16.9. The van der Waals surface area contributed by atoms with Crippen LogP contribution in [0.5, 0.6) is 0 Å². The van der Waals surface area contributed by atoms with E-state index >= 15 is 0 Å². The molecule has 0 heterocycles. The van der Waals surface area contributed by atoms with Crippen molar-refractivity contribution >= 4 is 27.3 Å². The van der Waals surface area contributed by atoms with Gasteiger partial charge < -0.3 is 5.32 Å². The van der Waals surface area contributed by atoms with Crippen LogP contribution in [0.15, 0.2) is 65.6 Å². The number of benzene rings is 3. The highest BCUT2D eigenvalue weighted by Crippen LogP contribution is 2.23. The Bertz CT molecular complexity index is 1160. The van der Waals surface area contributed by atoms with E-state index in [1.807, 2.05) is 51.1 Å². The van der Waals surface area contributed by atoms with Crippen LogP contribution >= 0.6 is 0 Å². The van der Waals surface area contributed by atoms with Gasteiger partial charge in [-0.3, -0.25) is 9.52 Å². The van der Waals surface area contributed by atoms with Crippen LogP contribution in [0.4, 0.5) is 11.4 Å². The number of amides is 1. The summed E-state index contributed by atoms with van der Waals surface area (Å²) in [4.78, 5) is 12.8. The molecule has 1 amide bonds. The minimum Gasteiger partial charge on any atom is -0.322 e. The van der Waals surface area contributed by atoms with E-state index in [1.54, 1.807) is 31.2 Å². The van der Waals surface area contributed by atoms with E-state index in [0.717, 1.165) is 16.7 Å². The number of sulfonamides is 1. The Hall–Kier alpha value is -3.12. The molecule has 0 bridgehead atoms. The van der Waals surface area contributed by atoms with E-state index in [9.17, 15) is 13.2 Å². The Morgan fingerprint density at radius 1 is 0.793 bits per heavy atom. The summed E-state index contributed by atoms with van der Waals surface area (Å²) in [6.45, 7) is 7.45.